The molecule has 0 atom stereocenters. The Hall–Kier alpha value is -1.84. The third-order valence-electron chi connectivity index (χ3n) is 3.89. The highest BCUT2D eigenvalue weighted by molar-refractivity contribution is 5.34. The van der Waals surface area contributed by atoms with E-state index in [4.69, 9.17) is 10.5 Å². The highest BCUT2D eigenvalue weighted by atomic mass is 16.5. The van der Waals surface area contributed by atoms with E-state index in [2.05, 4.69) is 47.4 Å². The number of fused-ring (bicyclic) bond motifs is 1. The van der Waals surface area contributed by atoms with Crippen molar-refractivity contribution in [3.63, 3.8) is 0 Å². The number of rotatable bonds is 4. The van der Waals surface area contributed by atoms with Crippen LogP contribution in [0.3, 0.4) is 0 Å². The van der Waals surface area contributed by atoms with E-state index in [0.29, 0.717) is 6.54 Å². The highest BCUT2D eigenvalue weighted by Crippen LogP contribution is 2.23. The van der Waals surface area contributed by atoms with Crippen LogP contribution in [0, 0.1) is 0 Å². The molecule has 0 saturated carbocycles. The third kappa shape index (κ3) is 3.63. The SMILES string of the molecule is NCCc1ccc(CN2CCOc3ccccc3C2)cc1. The number of nitrogens with zero attached hydrogens (tertiary/aromatic N) is 1. The van der Waals surface area contributed by atoms with Gasteiger partial charge in [-0.3, -0.25) is 4.90 Å². The van der Waals surface area contributed by atoms with Gasteiger partial charge in [0.25, 0.3) is 0 Å². The molecular weight excluding hydrogens is 260 g/mol. The van der Waals surface area contributed by atoms with Crippen molar-refractivity contribution in [2.75, 3.05) is 19.7 Å². The molecule has 2 aromatic rings. The Morgan fingerprint density at radius 2 is 1.76 bits per heavy atom. The predicted molar refractivity (Wildman–Crippen MR) is 85.3 cm³/mol. The van der Waals surface area contributed by atoms with Crippen LogP contribution in [0.2, 0.25) is 0 Å². The van der Waals surface area contributed by atoms with Crippen molar-refractivity contribution in [1.82, 2.24) is 4.90 Å². The van der Waals surface area contributed by atoms with E-state index in [1.54, 1.807) is 0 Å². The van der Waals surface area contributed by atoms with Gasteiger partial charge in [0.15, 0.2) is 0 Å². The van der Waals surface area contributed by atoms with Gasteiger partial charge < -0.3 is 10.5 Å². The van der Waals surface area contributed by atoms with Crippen LogP contribution in [-0.2, 0) is 19.5 Å². The van der Waals surface area contributed by atoms with E-state index < -0.39 is 0 Å². The summed E-state index contributed by atoms with van der Waals surface area (Å²) in [5.74, 6) is 1.03. The Balaban J connectivity index is 1.67. The molecule has 110 valence electrons. The Kier molecular flexibility index (Phi) is 4.53. The van der Waals surface area contributed by atoms with Crippen LogP contribution < -0.4 is 10.5 Å². The molecule has 3 nitrogen and oxygen atoms in total. The molecule has 0 radical (unpaired) electrons. The van der Waals surface area contributed by atoms with Gasteiger partial charge in [-0.1, -0.05) is 42.5 Å². The second-order valence-electron chi connectivity index (χ2n) is 5.52. The second kappa shape index (κ2) is 6.74. The standard InChI is InChI=1S/C18H22N2O/c19-10-9-15-5-7-16(8-6-15)13-20-11-12-21-18-4-2-1-3-17(18)14-20/h1-8H,9-14,19H2. The fourth-order valence-electron chi connectivity index (χ4n) is 2.75. The van der Waals surface area contributed by atoms with Gasteiger partial charge in [-0.2, -0.15) is 0 Å². The molecule has 21 heavy (non-hydrogen) atoms. The third-order valence-corrected chi connectivity index (χ3v) is 3.89. The fraction of sp³-hybridized carbons (Fsp3) is 0.333. The lowest BCUT2D eigenvalue weighted by atomic mass is 10.1. The lowest BCUT2D eigenvalue weighted by Crippen LogP contribution is -2.25. The summed E-state index contributed by atoms with van der Waals surface area (Å²) in [6, 6.07) is 17.1. The van der Waals surface area contributed by atoms with Crippen LogP contribution in [-0.4, -0.2) is 24.6 Å². The fourth-order valence-corrected chi connectivity index (χ4v) is 2.75. The van der Waals surface area contributed by atoms with Gasteiger partial charge in [-0.15, -0.1) is 0 Å². The minimum Gasteiger partial charge on any atom is -0.492 e. The lowest BCUT2D eigenvalue weighted by Gasteiger charge is -2.19. The van der Waals surface area contributed by atoms with E-state index in [1.807, 2.05) is 6.07 Å². The van der Waals surface area contributed by atoms with Crippen LogP contribution in [0.25, 0.3) is 0 Å². The first-order valence-corrected chi connectivity index (χ1v) is 7.56. The minimum atomic E-state index is 0.708. The van der Waals surface area contributed by atoms with Gasteiger partial charge in [0.2, 0.25) is 0 Å². The molecule has 0 amide bonds. The van der Waals surface area contributed by atoms with Crippen molar-refractivity contribution in [1.29, 1.82) is 0 Å². The minimum absolute atomic E-state index is 0.708. The zero-order valence-corrected chi connectivity index (χ0v) is 12.3. The highest BCUT2D eigenvalue weighted by Gasteiger charge is 2.14. The summed E-state index contributed by atoms with van der Waals surface area (Å²) >= 11 is 0. The van der Waals surface area contributed by atoms with Crippen molar-refractivity contribution in [3.8, 4) is 5.75 Å². The number of para-hydroxylation sites is 1. The van der Waals surface area contributed by atoms with Crippen molar-refractivity contribution in [2.45, 2.75) is 19.5 Å². The summed E-state index contributed by atoms with van der Waals surface area (Å²) in [5.41, 5.74) is 9.52. The second-order valence-corrected chi connectivity index (χ2v) is 5.52. The lowest BCUT2D eigenvalue weighted by molar-refractivity contribution is 0.219. The Bertz CT molecular complexity index is 580. The van der Waals surface area contributed by atoms with Crippen LogP contribution >= 0.6 is 0 Å². The molecule has 0 fully saturated rings. The van der Waals surface area contributed by atoms with Crippen LogP contribution in [0.5, 0.6) is 5.75 Å². The normalized spacial score (nSPS) is 15.1. The molecule has 1 aliphatic heterocycles. The summed E-state index contributed by atoms with van der Waals surface area (Å²) < 4.78 is 5.81. The largest absolute Gasteiger partial charge is 0.492 e. The quantitative estimate of drug-likeness (QED) is 0.936. The predicted octanol–water partition coefficient (Wildman–Crippen LogP) is 2.58. The van der Waals surface area contributed by atoms with Crippen molar-refractivity contribution >= 4 is 0 Å². The van der Waals surface area contributed by atoms with Crippen LogP contribution in [0.4, 0.5) is 0 Å². The first-order valence-electron chi connectivity index (χ1n) is 7.56. The molecule has 0 spiro atoms. The van der Waals surface area contributed by atoms with Gasteiger partial charge in [-0.05, 0) is 30.2 Å². The smallest absolute Gasteiger partial charge is 0.123 e. The van der Waals surface area contributed by atoms with Crippen molar-refractivity contribution in [3.05, 3.63) is 65.2 Å². The average molecular weight is 282 g/mol. The molecule has 0 aromatic heterocycles. The van der Waals surface area contributed by atoms with E-state index in [0.717, 1.165) is 38.4 Å². The number of benzene rings is 2. The van der Waals surface area contributed by atoms with Crippen molar-refractivity contribution in [2.24, 2.45) is 5.73 Å². The van der Waals surface area contributed by atoms with Gasteiger partial charge >= 0.3 is 0 Å². The molecule has 3 rings (SSSR count). The maximum Gasteiger partial charge on any atom is 0.123 e. The molecule has 0 bridgehead atoms. The van der Waals surface area contributed by atoms with E-state index in [1.165, 1.54) is 16.7 Å². The van der Waals surface area contributed by atoms with Crippen molar-refractivity contribution < 1.29 is 4.74 Å². The zero-order chi connectivity index (χ0) is 14.5. The van der Waals surface area contributed by atoms with E-state index in [-0.39, 0.29) is 0 Å². The first-order chi connectivity index (χ1) is 10.3. The van der Waals surface area contributed by atoms with Gasteiger partial charge in [0.1, 0.15) is 12.4 Å². The molecule has 0 aliphatic carbocycles. The summed E-state index contributed by atoms with van der Waals surface area (Å²) in [4.78, 5) is 2.43. The summed E-state index contributed by atoms with van der Waals surface area (Å²) in [5, 5.41) is 0. The van der Waals surface area contributed by atoms with Crippen LogP contribution in [0.1, 0.15) is 16.7 Å². The zero-order valence-electron chi connectivity index (χ0n) is 12.3. The maximum atomic E-state index is 5.81. The molecular formula is C18H22N2O. The molecule has 0 saturated heterocycles. The Morgan fingerprint density at radius 3 is 2.57 bits per heavy atom. The first kappa shape index (κ1) is 14.1. The summed E-state index contributed by atoms with van der Waals surface area (Å²) in [6.07, 6.45) is 0.950. The van der Waals surface area contributed by atoms with E-state index in [9.17, 15) is 0 Å². The molecule has 1 aliphatic rings. The summed E-state index contributed by atoms with van der Waals surface area (Å²) in [7, 11) is 0. The van der Waals surface area contributed by atoms with Gasteiger partial charge in [0.05, 0.1) is 0 Å². The average Bonchev–Trinajstić information content (AvgIpc) is 2.71. The van der Waals surface area contributed by atoms with Gasteiger partial charge in [-0.25, -0.2) is 0 Å². The molecule has 2 N–H and O–H groups in total. The number of nitrogens with two attached hydrogens (primary N) is 1. The number of hydrogen-bond donors (Lipinski definition) is 1. The van der Waals surface area contributed by atoms with Crippen LogP contribution in [0.15, 0.2) is 48.5 Å². The molecule has 2 aromatic carbocycles. The monoisotopic (exact) mass is 282 g/mol. The topological polar surface area (TPSA) is 38.5 Å². The number of hydrogen-bond acceptors (Lipinski definition) is 3. The molecule has 0 unspecified atom stereocenters. The Morgan fingerprint density at radius 1 is 1.00 bits per heavy atom. The van der Waals surface area contributed by atoms with E-state index >= 15 is 0 Å². The summed E-state index contributed by atoms with van der Waals surface area (Å²) in [6.45, 7) is 4.32. The molecule has 1 heterocycles. The Labute approximate surface area is 126 Å². The molecule has 3 heteroatoms. The number of ether oxygens (including phenoxy) is 1. The van der Waals surface area contributed by atoms with Gasteiger partial charge in [0, 0.05) is 25.2 Å². The maximum absolute atomic E-state index is 5.81.